The minimum atomic E-state index is -4.14. The van der Waals surface area contributed by atoms with Crippen LogP contribution in [0.3, 0.4) is 0 Å². The fourth-order valence-corrected chi connectivity index (χ4v) is 3.75. The van der Waals surface area contributed by atoms with Crippen molar-refractivity contribution in [3.63, 3.8) is 0 Å². The van der Waals surface area contributed by atoms with Crippen molar-refractivity contribution in [3.05, 3.63) is 17.0 Å². The van der Waals surface area contributed by atoms with Crippen LogP contribution in [0.2, 0.25) is 0 Å². The quantitative estimate of drug-likeness (QED) is 0.433. The number of rotatable bonds is 12. The van der Waals surface area contributed by atoms with E-state index in [-0.39, 0.29) is 19.1 Å². The highest BCUT2D eigenvalue weighted by atomic mass is 32.1. The van der Waals surface area contributed by atoms with Crippen molar-refractivity contribution in [1.29, 1.82) is 0 Å². The van der Waals surface area contributed by atoms with Gasteiger partial charge in [0, 0.05) is 18.5 Å². The zero-order valence-corrected chi connectivity index (χ0v) is 15.5. The molecule has 23 heavy (non-hydrogen) atoms. The molecule has 1 atom stereocenters. The molecule has 1 unspecified atom stereocenters. The summed E-state index contributed by atoms with van der Waals surface area (Å²) in [6.07, 6.45) is 5.93. The summed E-state index contributed by atoms with van der Waals surface area (Å²) in [5.41, 5.74) is 0.782. The minimum Gasteiger partial charge on any atom is -0.393 e. The largest absolute Gasteiger partial charge is 0.528 e. The Balaban J connectivity index is 2.12. The van der Waals surface area contributed by atoms with Crippen molar-refractivity contribution in [2.75, 3.05) is 13.2 Å². The number of phosphoric acid groups is 1. The van der Waals surface area contributed by atoms with Crippen molar-refractivity contribution >= 4 is 25.1 Å². The lowest BCUT2D eigenvalue weighted by Crippen LogP contribution is -2.26. The molecule has 8 heteroatoms. The van der Waals surface area contributed by atoms with E-state index in [1.165, 1.54) is 24.2 Å². The molecule has 1 heterocycles. The number of carbonyl (C=O) groups excluding carboxylic acids is 1. The van der Waals surface area contributed by atoms with Gasteiger partial charge in [0.1, 0.15) is 0 Å². The van der Waals surface area contributed by atoms with Gasteiger partial charge in [0.15, 0.2) is 5.06 Å². The molecule has 0 aliphatic heterocycles. The normalized spacial score (nSPS) is 13.5. The summed E-state index contributed by atoms with van der Waals surface area (Å²) in [5, 5.41) is 4.80. The monoisotopic (exact) mass is 363 g/mol. The molecule has 0 radical (unpaired) electrons. The van der Waals surface area contributed by atoms with Gasteiger partial charge in [0.2, 0.25) is 5.91 Å². The second-order valence-corrected chi connectivity index (χ2v) is 7.55. The van der Waals surface area contributed by atoms with Gasteiger partial charge in [-0.2, -0.15) is 0 Å². The topological polar surface area (TPSA) is 84.9 Å². The van der Waals surface area contributed by atoms with Gasteiger partial charge >= 0.3 is 7.82 Å². The Morgan fingerprint density at radius 1 is 1.35 bits per heavy atom. The molecule has 0 saturated carbocycles. The third-order valence-electron chi connectivity index (χ3n) is 3.20. The van der Waals surface area contributed by atoms with Crippen LogP contribution in [0, 0.1) is 6.92 Å². The first-order chi connectivity index (χ1) is 10.9. The summed E-state index contributed by atoms with van der Waals surface area (Å²) in [4.78, 5) is 21.2. The smallest absolute Gasteiger partial charge is 0.393 e. The van der Waals surface area contributed by atoms with Crippen molar-refractivity contribution in [1.82, 2.24) is 5.32 Å². The van der Waals surface area contributed by atoms with Gasteiger partial charge in [-0.1, -0.05) is 32.6 Å². The molecule has 2 N–H and O–H groups in total. The lowest BCUT2D eigenvalue weighted by molar-refractivity contribution is -0.121. The van der Waals surface area contributed by atoms with Crippen LogP contribution >= 0.6 is 19.2 Å². The van der Waals surface area contributed by atoms with Gasteiger partial charge in [-0.25, -0.2) is 4.57 Å². The summed E-state index contributed by atoms with van der Waals surface area (Å²) in [6, 6.07) is 1.79. The van der Waals surface area contributed by atoms with Crippen LogP contribution in [0.1, 0.15) is 51.0 Å². The van der Waals surface area contributed by atoms with E-state index < -0.39 is 7.82 Å². The predicted octanol–water partition coefficient (Wildman–Crippen LogP) is 4.03. The van der Waals surface area contributed by atoms with Crippen LogP contribution < -0.4 is 9.84 Å². The van der Waals surface area contributed by atoms with E-state index >= 15 is 0 Å². The van der Waals surface area contributed by atoms with Gasteiger partial charge in [0.05, 0.1) is 6.61 Å². The Kier molecular flexibility index (Phi) is 9.48. The van der Waals surface area contributed by atoms with Crippen LogP contribution in [0.4, 0.5) is 0 Å². The molecule has 1 aromatic heterocycles. The Labute approximate surface area is 141 Å². The van der Waals surface area contributed by atoms with Crippen LogP contribution in [0.15, 0.2) is 11.4 Å². The van der Waals surface area contributed by atoms with Crippen molar-refractivity contribution in [3.8, 4) is 5.06 Å². The highest BCUT2D eigenvalue weighted by Crippen LogP contribution is 2.46. The number of hydrogen-bond acceptors (Lipinski definition) is 5. The SMILES string of the molecule is CCCCCCCC(=O)NCCOP(=O)(O)Oc1sccc1C. The number of phosphoric ester groups is 1. The van der Waals surface area contributed by atoms with E-state index in [1.54, 1.807) is 18.4 Å². The van der Waals surface area contributed by atoms with Gasteiger partial charge in [-0.05, 0) is 24.8 Å². The third kappa shape index (κ3) is 9.11. The molecule has 0 aliphatic rings. The van der Waals surface area contributed by atoms with E-state index in [0.29, 0.717) is 11.5 Å². The van der Waals surface area contributed by atoms with Gasteiger partial charge < -0.3 is 9.84 Å². The number of thiophene rings is 1. The van der Waals surface area contributed by atoms with E-state index in [4.69, 9.17) is 9.05 Å². The highest BCUT2D eigenvalue weighted by Gasteiger charge is 2.24. The Morgan fingerprint density at radius 3 is 2.74 bits per heavy atom. The molecule has 0 fully saturated rings. The van der Waals surface area contributed by atoms with Crippen LogP contribution in [-0.4, -0.2) is 24.0 Å². The third-order valence-corrected chi connectivity index (χ3v) is 5.14. The fraction of sp³-hybridized carbons (Fsp3) is 0.667. The minimum absolute atomic E-state index is 0.0621. The molecule has 1 aromatic rings. The molecule has 132 valence electrons. The lowest BCUT2D eigenvalue weighted by atomic mass is 10.1. The first-order valence-electron chi connectivity index (χ1n) is 7.92. The summed E-state index contributed by atoms with van der Waals surface area (Å²) in [7, 11) is -4.14. The molecule has 0 aromatic carbocycles. The van der Waals surface area contributed by atoms with Crippen LogP contribution in [0.5, 0.6) is 5.06 Å². The molecule has 0 saturated heterocycles. The first kappa shape index (κ1) is 20.2. The maximum atomic E-state index is 11.8. The van der Waals surface area contributed by atoms with E-state index in [2.05, 4.69) is 12.2 Å². The van der Waals surface area contributed by atoms with Gasteiger partial charge in [-0.3, -0.25) is 14.2 Å². The summed E-state index contributed by atoms with van der Waals surface area (Å²) < 4.78 is 21.6. The molecule has 6 nitrogen and oxygen atoms in total. The fourth-order valence-electron chi connectivity index (χ4n) is 1.91. The van der Waals surface area contributed by atoms with Crippen molar-refractivity contribution in [2.24, 2.45) is 0 Å². The number of unbranched alkanes of at least 4 members (excludes halogenated alkanes) is 4. The average Bonchev–Trinajstić information content (AvgIpc) is 2.88. The molecule has 1 rings (SSSR count). The van der Waals surface area contributed by atoms with E-state index in [1.807, 2.05) is 0 Å². The zero-order valence-electron chi connectivity index (χ0n) is 13.7. The molecular weight excluding hydrogens is 337 g/mol. The number of amides is 1. The molecule has 0 bridgehead atoms. The molecular formula is C15H26NO5PS. The number of carbonyl (C=O) groups is 1. The average molecular weight is 363 g/mol. The molecule has 1 amide bonds. The highest BCUT2D eigenvalue weighted by molar-refractivity contribution is 7.48. The van der Waals surface area contributed by atoms with Crippen LogP contribution in [-0.2, 0) is 13.9 Å². The number of nitrogens with one attached hydrogen (secondary N) is 1. The molecule has 0 aliphatic carbocycles. The summed E-state index contributed by atoms with van der Waals surface area (Å²) in [5.74, 6) is -0.0621. The van der Waals surface area contributed by atoms with Gasteiger partial charge in [-0.15, -0.1) is 11.3 Å². The predicted molar refractivity (Wildman–Crippen MR) is 91.8 cm³/mol. The maximum absolute atomic E-state index is 11.8. The van der Waals surface area contributed by atoms with E-state index in [0.717, 1.165) is 24.8 Å². The van der Waals surface area contributed by atoms with Gasteiger partial charge in [0.25, 0.3) is 0 Å². The second kappa shape index (κ2) is 10.8. The van der Waals surface area contributed by atoms with Crippen molar-refractivity contribution < 1.29 is 23.3 Å². The van der Waals surface area contributed by atoms with E-state index in [9.17, 15) is 14.3 Å². The first-order valence-corrected chi connectivity index (χ1v) is 10.3. The van der Waals surface area contributed by atoms with Crippen molar-refractivity contribution in [2.45, 2.75) is 52.4 Å². The molecule has 0 spiro atoms. The standard InChI is InChI=1S/C15H26NO5PS/c1-3-4-5-6-7-8-14(17)16-10-11-20-22(18,19)21-15-13(2)9-12-23-15/h9,12H,3-8,10-11H2,1-2H3,(H,16,17)(H,18,19). The summed E-state index contributed by atoms with van der Waals surface area (Å²) >= 11 is 1.23. The Hall–Kier alpha value is -0.880. The number of aryl methyl sites for hydroxylation is 1. The Morgan fingerprint density at radius 2 is 2.09 bits per heavy atom. The Bertz CT molecular complexity index is 520. The lowest BCUT2D eigenvalue weighted by Gasteiger charge is -2.12. The van der Waals surface area contributed by atoms with Crippen LogP contribution in [0.25, 0.3) is 0 Å². The number of hydrogen-bond donors (Lipinski definition) is 2. The summed E-state index contributed by atoms with van der Waals surface area (Å²) in [6.45, 7) is 4.05. The second-order valence-electron chi connectivity index (χ2n) is 5.30. The maximum Gasteiger partial charge on any atom is 0.528 e. The zero-order chi connectivity index (χ0) is 17.1.